The Balaban J connectivity index is 2.58. The monoisotopic (exact) mass is 243 g/mol. The number of aromatic nitrogens is 2. The number of nitrogens with zero attached hydrogens (tertiary/aromatic N) is 2. The zero-order valence-electron chi connectivity index (χ0n) is 10.7. The Bertz CT molecular complexity index is 330. The smallest absolute Gasteiger partial charge is 0.136 e. The van der Waals surface area contributed by atoms with Crippen LogP contribution < -0.4 is 4.72 Å². The minimum absolute atomic E-state index is 0.233. The number of hydrogen-bond acceptors (Lipinski definition) is 3. The highest BCUT2D eigenvalue weighted by molar-refractivity contribution is 7.90. The van der Waals surface area contributed by atoms with Crippen molar-refractivity contribution in [3.8, 4) is 0 Å². The molecule has 0 aromatic carbocycles. The maximum absolute atomic E-state index is 11.8. The molecule has 1 aromatic rings. The Morgan fingerprint density at radius 2 is 2.12 bits per heavy atom. The molecule has 5 heteroatoms. The van der Waals surface area contributed by atoms with Crippen molar-refractivity contribution in [1.29, 1.82) is 0 Å². The van der Waals surface area contributed by atoms with Gasteiger partial charge < -0.3 is 9.12 Å². The van der Waals surface area contributed by atoms with Gasteiger partial charge in [-0.25, -0.2) is 4.98 Å². The van der Waals surface area contributed by atoms with Crippen LogP contribution in [0.1, 0.15) is 46.4 Å². The standard InChI is InChI=1S/C11H21N3OS/c1-9(2)14-8-12-6-10(14)7-13-16(15)11(3,4)5/h6,8-9,13H,7H2,1-5H3. The number of rotatable bonds is 4. The van der Waals surface area contributed by atoms with E-state index < -0.39 is 11.4 Å². The van der Waals surface area contributed by atoms with Gasteiger partial charge in [0.15, 0.2) is 0 Å². The van der Waals surface area contributed by atoms with E-state index in [-0.39, 0.29) is 4.75 Å². The highest BCUT2D eigenvalue weighted by Gasteiger charge is 2.26. The highest BCUT2D eigenvalue weighted by atomic mass is 32.2. The lowest BCUT2D eigenvalue weighted by Gasteiger charge is -2.24. The van der Waals surface area contributed by atoms with Crippen LogP contribution in [0.2, 0.25) is 0 Å². The van der Waals surface area contributed by atoms with Crippen LogP contribution >= 0.6 is 0 Å². The molecule has 16 heavy (non-hydrogen) atoms. The molecule has 0 aliphatic heterocycles. The van der Waals surface area contributed by atoms with Crippen LogP contribution in [0.4, 0.5) is 0 Å². The Kier molecular flexibility index (Phi) is 4.41. The molecule has 1 atom stereocenters. The molecule has 0 saturated heterocycles. The number of nitrogens with one attached hydrogen (secondary N) is 1. The summed E-state index contributed by atoms with van der Waals surface area (Å²) >= 11 is -1.03. The van der Waals surface area contributed by atoms with Crippen molar-refractivity contribution in [1.82, 2.24) is 14.3 Å². The Morgan fingerprint density at radius 1 is 1.50 bits per heavy atom. The van der Waals surface area contributed by atoms with Crippen molar-refractivity contribution in [2.24, 2.45) is 0 Å². The fraction of sp³-hybridized carbons (Fsp3) is 0.727. The van der Waals surface area contributed by atoms with Crippen LogP contribution in [0.15, 0.2) is 12.5 Å². The second kappa shape index (κ2) is 5.21. The summed E-state index contributed by atoms with van der Waals surface area (Å²) in [5.74, 6) is 0. The highest BCUT2D eigenvalue weighted by Crippen LogP contribution is 2.14. The summed E-state index contributed by atoms with van der Waals surface area (Å²) in [6.07, 6.45) is 3.62. The summed E-state index contributed by atoms with van der Waals surface area (Å²) < 4.78 is 16.7. The van der Waals surface area contributed by atoms with Crippen LogP contribution in [0.3, 0.4) is 0 Å². The van der Waals surface area contributed by atoms with E-state index in [1.807, 2.05) is 33.3 Å². The minimum Gasteiger partial charge on any atom is -0.598 e. The molecule has 0 aliphatic rings. The van der Waals surface area contributed by atoms with Gasteiger partial charge in [0.2, 0.25) is 0 Å². The first-order valence-electron chi connectivity index (χ1n) is 5.48. The van der Waals surface area contributed by atoms with Crippen LogP contribution in [0.25, 0.3) is 0 Å². The molecule has 1 rings (SSSR count). The SMILES string of the molecule is CC(C)n1cncc1CN[S+]([O-])C(C)(C)C. The van der Waals surface area contributed by atoms with Gasteiger partial charge in [0.1, 0.15) is 4.75 Å². The lowest BCUT2D eigenvalue weighted by atomic mass is 10.3. The average molecular weight is 243 g/mol. The molecule has 0 bridgehead atoms. The first kappa shape index (κ1) is 13.5. The van der Waals surface area contributed by atoms with Gasteiger partial charge in [-0.2, -0.15) is 0 Å². The van der Waals surface area contributed by atoms with Crippen LogP contribution in [0, 0.1) is 0 Å². The topological polar surface area (TPSA) is 52.9 Å². The zero-order valence-corrected chi connectivity index (χ0v) is 11.5. The third kappa shape index (κ3) is 3.50. The fourth-order valence-electron chi connectivity index (χ4n) is 1.29. The quantitative estimate of drug-likeness (QED) is 0.823. The Hall–Kier alpha value is -0.520. The number of hydrogen-bond donors (Lipinski definition) is 1. The van der Waals surface area contributed by atoms with Crippen molar-refractivity contribution < 1.29 is 4.55 Å². The van der Waals surface area contributed by atoms with E-state index in [1.54, 1.807) is 0 Å². The summed E-state index contributed by atoms with van der Waals surface area (Å²) in [4.78, 5) is 4.11. The van der Waals surface area contributed by atoms with Crippen molar-refractivity contribution in [3.05, 3.63) is 18.2 Å². The van der Waals surface area contributed by atoms with Crippen LogP contribution in [0.5, 0.6) is 0 Å². The molecule has 0 fully saturated rings. The minimum atomic E-state index is -1.03. The molecule has 92 valence electrons. The molecule has 4 nitrogen and oxygen atoms in total. The molecular weight excluding hydrogens is 222 g/mol. The van der Waals surface area contributed by atoms with E-state index in [9.17, 15) is 4.55 Å². The van der Waals surface area contributed by atoms with Gasteiger partial charge in [-0.15, -0.1) is 4.72 Å². The molecule has 1 heterocycles. The van der Waals surface area contributed by atoms with E-state index in [4.69, 9.17) is 0 Å². The first-order chi connectivity index (χ1) is 7.32. The van der Waals surface area contributed by atoms with E-state index >= 15 is 0 Å². The second-order valence-corrected chi connectivity index (χ2v) is 7.14. The van der Waals surface area contributed by atoms with E-state index in [1.165, 1.54) is 0 Å². The Labute approximate surface area is 101 Å². The largest absolute Gasteiger partial charge is 0.598 e. The first-order valence-corrected chi connectivity index (χ1v) is 6.63. The molecule has 1 unspecified atom stereocenters. The van der Waals surface area contributed by atoms with Crippen molar-refractivity contribution in [2.45, 2.75) is 52.0 Å². The molecule has 0 radical (unpaired) electrons. The lowest BCUT2D eigenvalue weighted by molar-refractivity contribution is 0.533. The van der Waals surface area contributed by atoms with Gasteiger partial charge in [-0.3, -0.25) is 0 Å². The van der Waals surface area contributed by atoms with Gasteiger partial charge in [0, 0.05) is 23.6 Å². The van der Waals surface area contributed by atoms with Gasteiger partial charge in [0.25, 0.3) is 0 Å². The van der Waals surface area contributed by atoms with Gasteiger partial charge in [-0.1, -0.05) is 0 Å². The molecular formula is C11H21N3OS. The molecule has 0 spiro atoms. The lowest BCUT2D eigenvalue weighted by Crippen LogP contribution is -2.39. The zero-order chi connectivity index (χ0) is 12.3. The summed E-state index contributed by atoms with van der Waals surface area (Å²) in [6, 6.07) is 0.377. The van der Waals surface area contributed by atoms with Crippen LogP contribution in [-0.4, -0.2) is 18.9 Å². The summed E-state index contributed by atoms with van der Waals surface area (Å²) in [5.41, 5.74) is 1.06. The fourth-order valence-corrected chi connectivity index (χ4v) is 2.00. The third-order valence-corrected chi connectivity index (χ3v) is 3.76. The summed E-state index contributed by atoms with van der Waals surface area (Å²) in [5, 5.41) is 0. The van der Waals surface area contributed by atoms with Gasteiger partial charge in [-0.05, 0) is 34.6 Å². The van der Waals surface area contributed by atoms with E-state index in [0.717, 1.165) is 5.69 Å². The van der Waals surface area contributed by atoms with E-state index in [2.05, 4.69) is 28.1 Å². The van der Waals surface area contributed by atoms with E-state index in [0.29, 0.717) is 12.6 Å². The van der Waals surface area contributed by atoms with Crippen molar-refractivity contribution in [2.75, 3.05) is 0 Å². The Morgan fingerprint density at radius 3 is 2.62 bits per heavy atom. The van der Waals surface area contributed by atoms with Gasteiger partial charge in [0.05, 0.1) is 18.6 Å². The molecule has 0 amide bonds. The molecule has 1 aromatic heterocycles. The molecule has 0 saturated carbocycles. The predicted octanol–water partition coefficient (Wildman–Crippen LogP) is 2.02. The predicted molar refractivity (Wildman–Crippen MR) is 67.3 cm³/mol. The maximum Gasteiger partial charge on any atom is 0.136 e. The normalized spacial score (nSPS) is 14.4. The third-order valence-electron chi connectivity index (χ3n) is 2.24. The average Bonchev–Trinajstić information content (AvgIpc) is 2.60. The summed E-state index contributed by atoms with van der Waals surface area (Å²) in [6.45, 7) is 10.7. The molecule has 0 aliphatic carbocycles. The van der Waals surface area contributed by atoms with Crippen LogP contribution in [-0.2, 0) is 17.9 Å². The number of imidazole rings is 1. The molecule has 1 N–H and O–H groups in total. The maximum atomic E-state index is 11.8. The van der Waals surface area contributed by atoms with Gasteiger partial charge >= 0.3 is 0 Å². The second-order valence-electron chi connectivity index (χ2n) is 5.09. The van der Waals surface area contributed by atoms with Crippen molar-refractivity contribution in [3.63, 3.8) is 0 Å². The van der Waals surface area contributed by atoms with Crippen molar-refractivity contribution >= 4 is 11.4 Å². The summed E-state index contributed by atoms with van der Waals surface area (Å²) in [7, 11) is 0.